The van der Waals surface area contributed by atoms with E-state index >= 15 is 0 Å². The van der Waals surface area contributed by atoms with E-state index in [1.54, 1.807) is 24.8 Å². The highest BCUT2D eigenvalue weighted by Gasteiger charge is 2.21. The summed E-state index contributed by atoms with van der Waals surface area (Å²) in [6, 6.07) is 24.5. The summed E-state index contributed by atoms with van der Waals surface area (Å²) in [6.45, 7) is 0. The van der Waals surface area contributed by atoms with Crippen LogP contribution in [0.2, 0.25) is 0 Å². The van der Waals surface area contributed by atoms with Crippen molar-refractivity contribution in [2.24, 2.45) is 0 Å². The molecule has 6 aromatic rings. The second kappa shape index (κ2) is 9.27. The zero-order valence-corrected chi connectivity index (χ0v) is 18.9. The quantitative estimate of drug-likeness (QED) is 0.325. The third-order valence-corrected chi connectivity index (χ3v) is 6.18. The highest BCUT2D eigenvalue weighted by molar-refractivity contribution is 5.83. The Hall–Kier alpha value is -4.71. The summed E-state index contributed by atoms with van der Waals surface area (Å²) < 4.78 is 2.16. The molecular weight excluding hydrogens is 432 g/mol. The van der Waals surface area contributed by atoms with Crippen molar-refractivity contribution in [1.29, 1.82) is 0 Å². The average molecular weight is 455 g/mol. The van der Waals surface area contributed by atoms with Crippen LogP contribution in [0.5, 0.6) is 0 Å². The number of para-hydroxylation sites is 2. The van der Waals surface area contributed by atoms with Gasteiger partial charge in [-0.15, -0.1) is 0 Å². The number of nitrogens with zero attached hydrogens (tertiary/aromatic N) is 6. The first-order valence-corrected chi connectivity index (χ1v) is 11.5. The van der Waals surface area contributed by atoms with E-state index in [9.17, 15) is 0 Å². The molecule has 6 heteroatoms. The third-order valence-electron chi connectivity index (χ3n) is 6.18. The van der Waals surface area contributed by atoms with Gasteiger partial charge in [-0.3, -0.25) is 19.5 Å². The lowest BCUT2D eigenvalue weighted by molar-refractivity contribution is 0.782. The summed E-state index contributed by atoms with van der Waals surface area (Å²) in [7, 11) is 0. The molecule has 1 aromatic carbocycles. The summed E-state index contributed by atoms with van der Waals surface area (Å²) in [4.78, 5) is 22.8. The predicted octanol–water partition coefficient (Wildman–Crippen LogP) is 5.65. The van der Waals surface area contributed by atoms with Gasteiger partial charge in [0, 0.05) is 54.9 Å². The molecule has 0 fully saturated rings. The van der Waals surface area contributed by atoms with Crippen LogP contribution in [0.1, 0.15) is 22.6 Å². The van der Waals surface area contributed by atoms with Crippen LogP contribution in [0.4, 0.5) is 0 Å². The van der Waals surface area contributed by atoms with Gasteiger partial charge in [-0.1, -0.05) is 30.3 Å². The minimum atomic E-state index is 0.0829. The topological polar surface area (TPSA) is 69.4 Å². The molecule has 0 aliphatic rings. The van der Waals surface area contributed by atoms with Crippen molar-refractivity contribution in [1.82, 2.24) is 29.5 Å². The zero-order valence-electron chi connectivity index (χ0n) is 18.9. The van der Waals surface area contributed by atoms with E-state index in [1.807, 2.05) is 67.1 Å². The van der Waals surface area contributed by atoms with Crippen LogP contribution in [0, 0.1) is 0 Å². The van der Waals surface area contributed by atoms with Gasteiger partial charge < -0.3 is 0 Å². The normalized spacial score (nSPS) is 11.2. The second-order valence-corrected chi connectivity index (χ2v) is 8.31. The number of imidazole rings is 1. The van der Waals surface area contributed by atoms with Crippen LogP contribution in [-0.2, 0) is 6.42 Å². The number of aromatic nitrogens is 6. The molecule has 168 valence electrons. The van der Waals surface area contributed by atoms with Crippen LogP contribution in [-0.4, -0.2) is 29.5 Å². The molecule has 0 spiro atoms. The largest absolute Gasteiger partial charge is 0.276 e. The lowest BCUT2D eigenvalue weighted by Gasteiger charge is -2.20. The van der Waals surface area contributed by atoms with Gasteiger partial charge in [0.1, 0.15) is 11.6 Å². The fraction of sp³-hybridized carbons (Fsp3) is 0.0690. The van der Waals surface area contributed by atoms with Crippen LogP contribution in [0.25, 0.3) is 28.2 Å². The fourth-order valence-electron chi connectivity index (χ4n) is 4.54. The Morgan fingerprint density at radius 1 is 0.657 bits per heavy atom. The SMILES string of the molecule is c1cncc(C(Cc2cccnc2-n2c(-c3ccncc3)nc3ccccc32)c2cccnc2)c1. The molecule has 5 heterocycles. The van der Waals surface area contributed by atoms with Crippen molar-refractivity contribution < 1.29 is 0 Å². The first-order chi connectivity index (χ1) is 17.4. The maximum Gasteiger partial charge on any atom is 0.147 e. The van der Waals surface area contributed by atoms with Crippen molar-refractivity contribution in [3.8, 4) is 17.2 Å². The van der Waals surface area contributed by atoms with E-state index in [0.29, 0.717) is 0 Å². The molecule has 0 aliphatic heterocycles. The molecule has 0 saturated heterocycles. The smallest absolute Gasteiger partial charge is 0.147 e. The van der Waals surface area contributed by atoms with E-state index in [-0.39, 0.29) is 5.92 Å². The summed E-state index contributed by atoms with van der Waals surface area (Å²) >= 11 is 0. The molecule has 0 atom stereocenters. The number of pyridine rings is 4. The predicted molar refractivity (Wildman–Crippen MR) is 136 cm³/mol. The highest BCUT2D eigenvalue weighted by Crippen LogP contribution is 2.33. The van der Waals surface area contributed by atoms with Crippen molar-refractivity contribution in [2.75, 3.05) is 0 Å². The molecule has 5 aromatic heterocycles. The van der Waals surface area contributed by atoms with Gasteiger partial charge in [-0.05, 0) is 65.6 Å². The number of benzene rings is 1. The number of hydrogen-bond acceptors (Lipinski definition) is 5. The van der Waals surface area contributed by atoms with E-state index in [4.69, 9.17) is 9.97 Å². The minimum absolute atomic E-state index is 0.0829. The number of hydrogen-bond donors (Lipinski definition) is 0. The zero-order chi connectivity index (χ0) is 23.5. The van der Waals surface area contributed by atoms with E-state index in [0.717, 1.165) is 51.4 Å². The molecular formula is C29H22N6. The van der Waals surface area contributed by atoms with Gasteiger partial charge in [-0.25, -0.2) is 9.97 Å². The highest BCUT2D eigenvalue weighted by atomic mass is 15.1. The second-order valence-electron chi connectivity index (χ2n) is 8.31. The maximum atomic E-state index is 4.97. The van der Waals surface area contributed by atoms with Gasteiger partial charge in [0.05, 0.1) is 11.0 Å². The van der Waals surface area contributed by atoms with Crippen molar-refractivity contribution >= 4 is 11.0 Å². The van der Waals surface area contributed by atoms with Crippen molar-refractivity contribution in [2.45, 2.75) is 12.3 Å². The Bertz CT molecular complexity index is 1520. The molecule has 0 N–H and O–H groups in total. The summed E-state index contributed by atoms with van der Waals surface area (Å²) in [5, 5.41) is 0. The Morgan fingerprint density at radius 2 is 1.37 bits per heavy atom. The molecule has 6 rings (SSSR count). The standard InChI is InChI=1S/C29H22N6/c1-2-10-27-26(9-1)34-29(21-11-16-30-17-12-21)35(27)28-22(6-5-15-33-28)18-25(23-7-3-13-31-19-23)24-8-4-14-32-20-24/h1-17,19-20,25H,18H2. The lowest BCUT2D eigenvalue weighted by atomic mass is 9.87. The van der Waals surface area contributed by atoms with Crippen LogP contribution >= 0.6 is 0 Å². The minimum Gasteiger partial charge on any atom is -0.276 e. The van der Waals surface area contributed by atoms with Gasteiger partial charge in [0.2, 0.25) is 0 Å². The fourth-order valence-corrected chi connectivity index (χ4v) is 4.54. The lowest BCUT2D eigenvalue weighted by Crippen LogP contribution is -2.10. The Morgan fingerprint density at radius 3 is 2.09 bits per heavy atom. The number of rotatable bonds is 6. The van der Waals surface area contributed by atoms with E-state index in [1.165, 1.54) is 0 Å². The summed E-state index contributed by atoms with van der Waals surface area (Å²) in [6.07, 6.45) is 13.6. The van der Waals surface area contributed by atoms with E-state index in [2.05, 4.69) is 43.8 Å². The van der Waals surface area contributed by atoms with Gasteiger partial charge in [0.25, 0.3) is 0 Å². The summed E-state index contributed by atoms with van der Waals surface area (Å²) in [5.41, 5.74) is 6.32. The van der Waals surface area contributed by atoms with Crippen LogP contribution in [0.3, 0.4) is 0 Å². The Labute approximate surface area is 203 Å². The number of fused-ring (bicyclic) bond motifs is 1. The van der Waals surface area contributed by atoms with Crippen LogP contribution < -0.4 is 0 Å². The molecule has 0 saturated carbocycles. The first kappa shape index (κ1) is 20.9. The molecule has 0 radical (unpaired) electrons. The molecule has 0 unspecified atom stereocenters. The Balaban J connectivity index is 1.53. The van der Waals surface area contributed by atoms with Gasteiger partial charge in [-0.2, -0.15) is 0 Å². The van der Waals surface area contributed by atoms with Crippen molar-refractivity contribution in [3.05, 3.63) is 133 Å². The maximum absolute atomic E-state index is 4.97. The monoisotopic (exact) mass is 454 g/mol. The Kier molecular flexibility index (Phi) is 5.53. The molecule has 0 aliphatic carbocycles. The average Bonchev–Trinajstić information content (AvgIpc) is 3.33. The van der Waals surface area contributed by atoms with Gasteiger partial charge in [0.15, 0.2) is 0 Å². The summed E-state index contributed by atoms with van der Waals surface area (Å²) in [5.74, 6) is 1.79. The first-order valence-electron chi connectivity index (χ1n) is 11.5. The molecule has 0 amide bonds. The molecule has 0 bridgehead atoms. The third kappa shape index (κ3) is 4.06. The molecule has 6 nitrogen and oxygen atoms in total. The van der Waals surface area contributed by atoms with Crippen molar-refractivity contribution in [3.63, 3.8) is 0 Å². The molecule has 35 heavy (non-hydrogen) atoms. The van der Waals surface area contributed by atoms with E-state index < -0.39 is 0 Å². The van der Waals surface area contributed by atoms with Gasteiger partial charge >= 0.3 is 0 Å². The van der Waals surface area contributed by atoms with Crippen LogP contribution in [0.15, 0.2) is 116 Å².